The first-order valence-electron chi connectivity index (χ1n) is 5.41. The van der Waals surface area contributed by atoms with E-state index in [1.807, 2.05) is 32.0 Å². The number of nitrogen functional groups attached to an aromatic ring is 1. The zero-order valence-electron chi connectivity index (χ0n) is 10.1. The van der Waals surface area contributed by atoms with Gasteiger partial charge in [0, 0.05) is 20.7 Å². The molecule has 0 atom stereocenters. The first-order chi connectivity index (χ1) is 8.47. The minimum absolute atomic E-state index is 0.0991. The van der Waals surface area contributed by atoms with Crippen molar-refractivity contribution in [3.05, 3.63) is 44.1 Å². The van der Waals surface area contributed by atoms with E-state index < -0.39 is 0 Å². The van der Waals surface area contributed by atoms with Crippen LogP contribution in [0.15, 0.2) is 28.7 Å². The molecule has 2 aromatic rings. The van der Waals surface area contributed by atoms with E-state index in [9.17, 15) is 4.79 Å². The van der Waals surface area contributed by atoms with Crippen molar-refractivity contribution in [3.63, 3.8) is 0 Å². The van der Waals surface area contributed by atoms with Gasteiger partial charge in [0.1, 0.15) is 0 Å². The van der Waals surface area contributed by atoms with E-state index in [2.05, 4.69) is 21.2 Å². The second-order valence-corrected chi connectivity index (χ2v) is 6.15. The monoisotopic (exact) mass is 324 g/mol. The summed E-state index contributed by atoms with van der Waals surface area (Å²) in [7, 11) is 0. The molecule has 3 nitrogen and oxygen atoms in total. The number of nitrogens with one attached hydrogen (secondary N) is 1. The second-order valence-electron chi connectivity index (χ2n) is 4.04. The van der Waals surface area contributed by atoms with Crippen molar-refractivity contribution >= 4 is 44.5 Å². The number of amides is 1. The summed E-state index contributed by atoms with van der Waals surface area (Å²) in [5.41, 5.74) is 8.21. The molecule has 3 N–H and O–H groups in total. The lowest BCUT2D eigenvalue weighted by Gasteiger charge is -2.05. The summed E-state index contributed by atoms with van der Waals surface area (Å²) in [6.45, 7) is 4.01. The maximum Gasteiger partial charge on any atom is 0.265 e. The molecule has 0 aliphatic carbocycles. The Hall–Kier alpha value is -1.33. The molecule has 0 aliphatic rings. The van der Waals surface area contributed by atoms with Crippen molar-refractivity contribution in [3.8, 4) is 0 Å². The molecule has 0 unspecified atom stereocenters. The first-order valence-corrected chi connectivity index (χ1v) is 7.01. The van der Waals surface area contributed by atoms with Gasteiger partial charge in [-0.25, -0.2) is 0 Å². The molecule has 18 heavy (non-hydrogen) atoms. The van der Waals surface area contributed by atoms with Crippen LogP contribution in [0, 0.1) is 13.8 Å². The standard InChI is InChI=1S/C13H13BrN2OS/c1-7-5-12(18-8(7)2)13(17)16-9-3-4-10(14)11(15)6-9/h3-6H,15H2,1-2H3,(H,16,17). The number of hydrogen-bond acceptors (Lipinski definition) is 3. The summed E-state index contributed by atoms with van der Waals surface area (Å²) in [4.78, 5) is 13.9. The van der Waals surface area contributed by atoms with Gasteiger partial charge in [0.2, 0.25) is 0 Å². The molecule has 1 amide bonds. The highest BCUT2D eigenvalue weighted by Gasteiger charge is 2.11. The molecule has 0 radical (unpaired) electrons. The van der Waals surface area contributed by atoms with E-state index in [1.165, 1.54) is 11.3 Å². The number of aryl methyl sites for hydroxylation is 2. The van der Waals surface area contributed by atoms with Crippen molar-refractivity contribution in [2.75, 3.05) is 11.1 Å². The topological polar surface area (TPSA) is 55.1 Å². The van der Waals surface area contributed by atoms with Gasteiger partial charge in [-0.15, -0.1) is 11.3 Å². The minimum atomic E-state index is -0.0991. The van der Waals surface area contributed by atoms with Gasteiger partial charge in [0.05, 0.1) is 4.88 Å². The van der Waals surface area contributed by atoms with Gasteiger partial charge in [0.25, 0.3) is 5.91 Å². The third-order valence-electron chi connectivity index (χ3n) is 2.64. The zero-order chi connectivity index (χ0) is 13.3. The van der Waals surface area contributed by atoms with Gasteiger partial charge in [-0.2, -0.15) is 0 Å². The van der Waals surface area contributed by atoms with Gasteiger partial charge >= 0.3 is 0 Å². The van der Waals surface area contributed by atoms with Crippen LogP contribution >= 0.6 is 27.3 Å². The molecule has 0 aliphatic heterocycles. The molecule has 0 spiro atoms. The number of benzene rings is 1. The summed E-state index contributed by atoms with van der Waals surface area (Å²) >= 11 is 4.81. The van der Waals surface area contributed by atoms with E-state index in [4.69, 9.17) is 5.73 Å². The van der Waals surface area contributed by atoms with Gasteiger partial charge in [0.15, 0.2) is 0 Å². The highest BCUT2D eigenvalue weighted by atomic mass is 79.9. The Labute approximate surface area is 118 Å². The summed E-state index contributed by atoms with van der Waals surface area (Å²) in [5.74, 6) is -0.0991. The number of rotatable bonds is 2. The Morgan fingerprint density at radius 2 is 2.06 bits per heavy atom. The summed E-state index contributed by atoms with van der Waals surface area (Å²) in [5, 5.41) is 2.84. The number of thiophene rings is 1. The molecule has 94 valence electrons. The second kappa shape index (κ2) is 5.12. The molecule has 0 fully saturated rings. The van der Waals surface area contributed by atoms with Crippen LogP contribution in [0.2, 0.25) is 0 Å². The Morgan fingerprint density at radius 1 is 1.33 bits per heavy atom. The minimum Gasteiger partial charge on any atom is -0.398 e. The van der Waals surface area contributed by atoms with Gasteiger partial charge in [-0.3, -0.25) is 4.79 Å². The number of carbonyl (C=O) groups excluding carboxylic acids is 1. The van der Waals surface area contributed by atoms with Crippen LogP contribution < -0.4 is 11.1 Å². The number of halogens is 1. The normalized spacial score (nSPS) is 10.4. The molecule has 1 heterocycles. The molecule has 5 heteroatoms. The number of nitrogens with two attached hydrogens (primary N) is 1. The van der Waals surface area contributed by atoms with Crippen LogP contribution in [0.3, 0.4) is 0 Å². The Balaban J connectivity index is 2.18. The first kappa shape index (κ1) is 13.1. The van der Waals surface area contributed by atoms with Crippen LogP contribution in [0.5, 0.6) is 0 Å². The lowest BCUT2D eigenvalue weighted by molar-refractivity contribution is 0.103. The summed E-state index contributed by atoms with van der Waals surface area (Å²) < 4.78 is 0.823. The number of hydrogen-bond donors (Lipinski definition) is 2. The number of carbonyl (C=O) groups is 1. The maximum atomic E-state index is 12.0. The fraction of sp³-hybridized carbons (Fsp3) is 0.154. The lowest BCUT2D eigenvalue weighted by Crippen LogP contribution is -2.10. The Bertz CT molecular complexity index is 588. The fourth-order valence-corrected chi connectivity index (χ4v) is 2.68. The SMILES string of the molecule is Cc1cc(C(=O)Nc2ccc(Br)c(N)c2)sc1C. The fourth-order valence-electron chi connectivity index (χ4n) is 1.50. The smallest absolute Gasteiger partial charge is 0.265 e. The summed E-state index contributed by atoms with van der Waals surface area (Å²) in [6.07, 6.45) is 0. The third kappa shape index (κ3) is 2.73. The van der Waals surface area contributed by atoms with Crippen molar-refractivity contribution in [1.82, 2.24) is 0 Å². The Kier molecular flexibility index (Phi) is 3.73. The Morgan fingerprint density at radius 3 is 2.61 bits per heavy atom. The van der Waals surface area contributed by atoms with Crippen molar-refractivity contribution < 1.29 is 4.79 Å². The molecule has 1 aromatic heterocycles. The zero-order valence-corrected chi connectivity index (χ0v) is 12.5. The molecular weight excluding hydrogens is 312 g/mol. The molecule has 2 rings (SSSR count). The number of anilines is 2. The van der Waals surface area contributed by atoms with E-state index in [-0.39, 0.29) is 5.91 Å². The largest absolute Gasteiger partial charge is 0.398 e. The van der Waals surface area contributed by atoms with Crippen LogP contribution in [-0.2, 0) is 0 Å². The van der Waals surface area contributed by atoms with Crippen LogP contribution in [0.1, 0.15) is 20.1 Å². The van der Waals surface area contributed by atoms with Crippen LogP contribution in [0.4, 0.5) is 11.4 Å². The third-order valence-corrected chi connectivity index (χ3v) is 4.52. The van der Waals surface area contributed by atoms with Crippen molar-refractivity contribution in [2.24, 2.45) is 0 Å². The average Bonchev–Trinajstić information content (AvgIpc) is 2.65. The molecule has 0 saturated carbocycles. The predicted molar refractivity (Wildman–Crippen MR) is 80.3 cm³/mol. The maximum absolute atomic E-state index is 12.0. The highest BCUT2D eigenvalue weighted by Crippen LogP contribution is 2.25. The van der Waals surface area contributed by atoms with E-state index in [0.717, 1.165) is 14.9 Å². The van der Waals surface area contributed by atoms with Crippen LogP contribution in [-0.4, -0.2) is 5.91 Å². The average molecular weight is 325 g/mol. The summed E-state index contributed by atoms with van der Waals surface area (Å²) in [6, 6.07) is 7.26. The van der Waals surface area contributed by atoms with E-state index >= 15 is 0 Å². The molecule has 1 aromatic carbocycles. The van der Waals surface area contributed by atoms with Gasteiger partial charge in [-0.05, 0) is 59.6 Å². The quantitative estimate of drug-likeness (QED) is 0.821. The molecular formula is C13H13BrN2OS. The molecule has 0 saturated heterocycles. The van der Waals surface area contributed by atoms with Gasteiger partial charge in [-0.1, -0.05) is 0 Å². The van der Waals surface area contributed by atoms with Crippen molar-refractivity contribution in [1.29, 1.82) is 0 Å². The predicted octanol–water partition coefficient (Wildman–Crippen LogP) is 3.96. The van der Waals surface area contributed by atoms with Crippen molar-refractivity contribution in [2.45, 2.75) is 13.8 Å². The lowest BCUT2D eigenvalue weighted by atomic mass is 10.2. The highest BCUT2D eigenvalue weighted by molar-refractivity contribution is 9.10. The van der Waals surface area contributed by atoms with E-state index in [0.29, 0.717) is 16.3 Å². The van der Waals surface area contributed by atoms with Gasteiger partial charge < -0.3 is 11.1 Å². The van der Waals surface area contributed by atoms with E-state index in [1.54, 1.807) is 6.07 Å². The van der Waals surface area contributed by atoms with Crippen LogP contribution in [0.25, 0.3) is 0 Å². The molecule has 0 bridgehead atoms.